The van der Waals surface area contributed by atoms with Gasteiger partial charge in [-0.2, -0.15) is 0 Å². The third-order valence-electron chi connectivity index (χ3n) is 2.93. The van der Waals surface area contributed by atoms with Crippen LogP contribution in [0.15, 0.2) is 18.2 Å². The summed E-state index contributed by atoms with van der Waals surface area (Å²) < 4.78 is 0. The summed E-state index contributed by atoms with van der Waals surface area (Å²) in [7, 11) is 0. The van der Waals surface area contributed by atoms with Crippen LogP contribution in [0, 0.1) is 12.8 Å². The van der Waals surface area contributed by atoms with E-state index in [2.05, 4.69) is 0 Å². The summed E-state index contributed by atoms with van der Waals surface area (Å²) in [6.45, 7) is 2.02. The molecule has 1 aliphatic heterocycles. The van der Waals surface area contributed by atoms with E-state index in [1.165, 1.54) is 4.90 Å². The molecule has 5 heteroatoms. The van der Waals surface area contributed by atoms with Crippen LogP contribution >= 0.6 is 11.6 Å². The van der Waals surface area contributed by atoms with Crippen LogP contribution in [0.2, 0.25) is 5.02 Å². The SMILES string of the molecule is Cc1ccc(N2C[C@@H](C(=O)[O-])CC2=O)cc1Cl. The molecule has 0 spiro atoms. The maximum absolute atomic E-state index is 11.7. The molecule has 1 heterocycles. The summed E-state index contributed by atoms with van der Waals surface area (Å²) in [5.74, 6) is -2.12. The van der Waals surface area contributed by atoms with Gasteiger partial charge in [-0.1, -0.05) is 17.7 Å². The zero-order chi connectivity index (χ0) is 12.6. The Morgan fingerprint density at radius 2 is 2.24 bits per heavy atom. The highest BCUT2D eigenvalue weighted by Crippen LogP contribution is 2.28. The Kier molecular flexibility index (Phi) is 3.07. The maximum Gasteiger partial charge on any atom is 0.227 e. The van der Waals surface area contributed by atoms with Crippen molar-refractivity contribution >= 4 is 29.2 Å². The van der Waals surface area contributed by atoms with Gasteiger partial charge in [0, 0.05) is 35.6 Å². The standard InChI is InChI=1S/C12H12ClNO3/c1-7-2-3-9(5-10(7)13)14-6-8(12(16)17)4-11(14)15/h2-3,5,8H,4,6H2,1H3,(H,16,17)/p-1/t8-/m0/s1. The summed E-state index contributed by atoms with van der Waals surface area (Å²) in [5.41, 5.74) is 1.55. The van der Waals surface area contributed by atoms with Crippen LogP contribution in [0.4, 0.5) is 5.69 Å². The van der Waals surface area contributed by atoms with E-state index in [-0.39, 0.29) is 18.9 Å². The molecule has 0 radical (unpaired) electrons. The van der Waals surface area contributed by atoms with Gasteiger partial charge in [-0.15, -0.1) is 0 Å². The van der Waals surface area contributed by atoms with Crippen LogP contribution in [0.1, 0.15) is 12.0 Å². The molecule has 0 saturated carbocycles. The predicted octanol–water partition coefficient (Wildman–Crippen LogP) is 0.751. The van der Waals surface area contributed by atoms with Gasteiger partial charge in [0.2, 0.25) is 5.91 Å². The molecule has 1 saturated heterocycles. The first-order valence-corrected chi connectivity index (χ1v) is 5.64. The molecule has 2 rings (SSSR count). The maximum atomic E-state index is 11.7. The normalized spacial score (nSPS) is 19.8. The molecule has 0 aromatic heterocycles. The zero-order valence-corrected chi connectivity index (χ0v) is 10.0. The fraction of sp³-hybridized carbons (Fsp3) is 0.333. The fourth-order valence-corrected chi connectivity index (χ4v) is 2.04. The van der Waals surface area contributed by atoms with E-state index >= 15 is 0 Å². The van der Waals surface area contributed by atoms with Gasteiger partial charge in [0.15, 0.2) is 0 Å². The van der Waals surface area contributed by atoms with Gasteiger partial charge < -0.3 is 14.8 Å². The predicted molar refractivity (Wildman–Crippen MR) is 61.7 cm³/mol. The fourth-order valence-electron chi connectivity index (χ4n) is 1.86. The van der Waals surface area contributed by atoms with Crippen molar-refractivity contribution in [3.63, 3.8) is 0 Å². The molecule has 0 unspecified atom stereocenters. The van der Waals surface area contributed by atoms with Crippen LogP contribution in [-0.4, -0.2) is 18.4 Å². The Balaban J connectivity index is 2.26. The number of amides is 1. The van der Waals surface area contributed by atoms with Gasteiger partial charge in [-0.05, 0) is 24.6 Å². The van der Waals surface area contributed by atoms with Crippen molar-refractivity contribution < 1.29 is 14.7 Å². The molecule has 0 N–H and O–H groups in total. The van der Waals surface area contributed by atoms with Gasteiger partial charge in [0.1, 0.15) is 0 Å². The topological polar surface area (TPSA) is 60.4 Å². The van der Waals surface area contributed by atoms with Gasteiger partial charge in [0.25, 0.3) is 0 Å². The molecular formula is C12H11ClNO3-. The van der Waals surface area contributed by atoms with Gasteiger partial charge in [-0.3, -0.25) is 4.79 Å². The molecule has 1 aliphatic rings. The first-order valence-electron chi connectivity index (χ1n) is 5.26. The highest BCUT2D eigenvalue weighted by Gasteiger charge is 2.31. The number of carboxylic acids is 1. The van der Waals surface area contributed by atoms with E-state index in [0.717, 1.165) is 5.56 Å². The van der Waals surface area contributed by atoms with Crippen LogP contribution in [0.5, 0.6) is 0 Å². The number of benzene rings is 1. The minimum absolute atomic E-state index is 0.00612. The third kappa shape index (κ3) is 2.26. The van der Waals surface area contributed by atoms with Crippen molar-refractivity contribution in [2.75, 3.05) is 11.4 Å². The Morgan fingerprint density at radius 3 is 2.76 bits per heavy atom. The number of halogens is 1. The number of aryl methyl sites for hydroxylation is 1. The van der Waals surface area contributed by atoms with E-state index in [4.69, 9.17) is 11.6 Å². The molecule has 17 heavy (non-hydrogen) atoms. The summed E-state index contributed by atoms with van der Waals surface area (Å²) in [5, 5.41) is 11.3. The van der Waals surface area contributed by atoms with Crippen molar-refractivity contribution in [3.05, 3.63) is 28.8 Å². The van der Waals surface area contributed by atoms with E-state index < -0.39 is 11.9 Å². The zero-order valence-electron chi connectivity index (χ0n) is 9.27. The average molecular weight is 253 g/mol. The Bertz CT molecular complexity index is 487. The molecule has 1 aromatic rings. The van der Waals surface area contributed by atoms with Gasteiger partial charge >= 0.3 is 0 Å². The lowest BCUT2D eigenvalue weighted by Crippen LogP contribution is -2.33. The summed E-state index contributed by atoms with van der Waals surface area (Å²) in [6, 6.07) is 5.24. The Morgan fingerprint density at radius 1 is 1.53 bits per heavy atom. The highest BCUT2D eigenvalue weighted by molar-refractivity contribution is 6.31. The summed E-state index contributed by atoms with van der Waals surface area (Å²) >= 11 is 5.97. The number of carbonyl (C=O) groups is 2. The van der Waals surface area contributed by atoms with Crippen LogP contribution < -0.4 is 10.0 Å². The van der Waals surface area contributed by atoms with Crippen molar-refractivity contribution in [1.82, 2.24) is 0 Å². The minimum Gasteiger partial charge on any atom is -0.550 e. The van der Waals surface area contributed by atoms with E-state index in [0.29, 0.717) is 10.7 Å². The number of aliphatic carboxylic acids is 1. The Hall–Kier alpha value is -1.55. The number of carboxylic acid groups (broad SMARTS) is 1. The summed E-state index contributed by atoms with van der Waals surface area (Å²) in [6.07, 6.45) is -0.00612. The quantitative estimate of drug-likeness (QED) is 0.780. The number of rotatable bonds is 2. The first kappa shape index (κ1) is 11.9. The number of hydrogen-bond acceptors (Lipinski definition) is 3. The molecule has 1 amide bonds. The molecule has 0 bridgehead atoms. The van der Waals surface area contributed by atoms with E-state index in [9.17, 15) is 14.7 Å². The highest BCUT2D eigenvalue weighted by atomic mass is 35.5. The van der Waals surface area contributed by atoms with E-state index in [1.54, 1.807) is 18.2 Å². The number of hydrogen-bond donors (Lipinski definition) is 0. The minimum atomic E-state index is -1.18. The molecule has 4 nitrogen and oxygen atoms in total. The second kappa shape index (κ2) is 4.37. The molecular weight excluding hydrogens is 242 g/mol. The van der Waals surface area contributed by atoms with Crippen molar-refractivity contribution in [2.45, 2.75) is 13.3 Å². The van der Waals surface area contributed by atoms with Crippen molar-refractivity contribution in [1.29, 1.82) is 0 Å². The molecule has 1 fully saturated rings. The Labute approximate surface area is 104 Å². The van der Waals surface area contributed by atoms with Crippen LogP contribution in [0.3, 0.4) is 0 Å². The van der Waals surface area contributed by atoms with Gasteiger partial charge in [0.05, 0.1) is 0 Å². The largest absolute Gasteiger partial charge is 0.550 e. The first-order chi connectivity index (χ1) is 7.99. The third-order valence-corrected chi connectivity index (χ3v) is 3.33. The second-order valence-corrected chi connectivity index (χ2v) is 4.57. The van der Waals surface area contributed by atoms with Crippen molar-refractivity contribution in [3.8, 4) is 0 Å². The lowest BCUT2D eigenvalue weighted by molar-refractivity contribution is -0.310. The van der Waals surface area contributed by atoms with E-state index in [1.807, 2.05) is 6.92 Å². The molecule has 90 valence electrons. The number of carbonyl (C=O) groups excluding carboxylic acids is 2. The molecule has 1 atom stereocenters. The smallest absolute Gasteiger partial charge is 0.227 e. The molecule has 1 aromatic carbocycles. The lowest BCUT2D eigenvalue weighted by Gasteiger charge is -2.17. The monoisotopic (exact) mass is 252 g/mol. The van der Waals surface area contributed by atoms with Crippen LogP contribution in [-0.2, 0) is 9.59 Å². The van der Waals surface area contributed by atoms with Gasteiger partial charge in [-0.25, -0.2) is 0 Å². The average Bonchev–Trinajstić information content (AvgIpc) is 2.65. The number of nitrogens with zero attached hydrogens (tertiary/aromatic N) is 1. The lowest BCUT2D eigenvalue weighted by atomic mass is 10.1. The summed E-state index contributed by atoms with van der Waals surface area (Å²) in [4.78, 5) is 23.8. The number of anilines is 1. The second-order valence-electron chi connectivity index (χ2n) is 4.16. The molecule has 0 aliphatic carbocycles. The van der Waals surface area contributed by atoms with Crippen LogP contribution in [0.25, 0.3) is 0 Å². The van der Waals surface area contributed by atoms with Crippen molar-refractivity contribution in [2.24, 2.45) is 5.92 Å².